The topological polar surface area (TPSA) is 0 Å². The minimum absolute atomic E-state index is 1.03. The lowest BCUT2D eigenvalue weighted by Gasteiger charge is -2.06. The number of hydrogen-bond acceptors (Lipinski definition) is 0. The van der Waals surface area contributed by atoms with Gasteiger partial charge in [0.15, 0.2) is 0 Å². The molecule has 2 rings (SSSR count). The molecule has 18 heavy (non-hydrogen) atoms. The van der Waals surface area contributed by atoms with Crippen LogP contribution in [0.25, 0.3) is 16.3 Å². The second-order valence-electron chi connectivity index (χ2n) is 3.84. The van der Waals surface area contributed by atoms with Crippen molar-refractivity contribution in [3.05, 3.63) is 66.8 Å². The second kappa shape index (κ2) is 7.50. The lowest BCUT2D eigenvalue weighted by atomic mass is 9.99. The fraction of sp³-hybridized carbons (Fsp3) is 0.222. The molecule has 0 aliphatic rings. The fourth-order valence-corrected chi connectivity index (χ4v) is 1.95. The average Bonchev–Trinajstić information content (AvgIpc) is 2.46. The molecule has 0 fully saturated rings. The van der Waals surface area contributed by atoms with Crippen molar-refractivity contribution in [2.24, 2.45) is 0 Å². The SMILES string of the molecule is C=C/C=C(\CC)c1ccc2ccccc2c1.CC. The molecule has 2 aromatic rings. The van der Waals surface area contributed by atoms with Crippen LogP contribution in [0.1, 0.15) is 32.8 Å². The molecular weight excluding hydrogens is 216 g/mol. The van der Waals surface area contributed by atoms with Crippen molar-refractivity contribution >= 4 is 16.3 Å². The highest BCUT2D eigenvalue weighted by molar-refractivity contribution is 5.86. The standard InChI is InChI=1S/C16H16.C2H6/c1-3-7-13(4-2)16-11-10-14-8-5-6-9-15(14)12-16;1-2/h3,5-12H,1,4H2,2H3;1-2H3/b13-7+;. The van der Waals surface area contributed by atoms with E-state index in [1.807, 2.05) is 19.9 Å². The molecule has 0 amide bonds. The molecular formula is C18H22. The molecule has 0 saturated carbocycles. The van der Waals surface area contributed by atoms with E-state index in [1.165, 1.54) is 21.9 Å². The van der Waals surface area contributed by atoms with Crippen LogP contribution in [0.2, 0.25) is 0 Å². The minimum Gasteiger partial charge on any atom is -0.0991 e. The van der Waals surface area contributed by atoms with Gasteiger partial charge in [0.2, 0.25) is 0 Å². The summed E-state index contributed by atoms with van der Waals surface area (Å²) in [6.45, 7) is 9.93. The molecule has 0 spiro atoms. The second-order valence-corrected chi connectivity index (χ2v) is 3.84. The van der Waals surface area contributed by atoms with Crippen LogP contribution in [0, 0.1) is 0 Å². The van der Waals surface area contributed by atoms with Crippen LogP contribution in [-0.4, -0.2) is 0 Å². The van der Waals surface area contributed by atoms with Crippen molar-refractivity contribution in [1.29, 1.82) is 0 Å². The normalized spacial score (nSPS) is 10.7. The quantitative estimate of drug-likeness (QED) is 0.589. The monoisotopic (exact) mass is 238 g/mol. The number of fused-ring (bicyclic) bond motifs is 1. The van der Waals surface area contributed by atoms with Crippen molar-refractivity contribution in [2.45, 2.75) is 27.2 Å². The lowest BCUT2D eigenvalue weighted by Crippen LogP contribution is -1.83. The largest absolute Gasteiger partial charge is 0.0991 e. The fourth-order valence-electron chi connectivity index (χ4n) is 1.95. The van der Waals surface area contributed by atoms with Gasteiger partial charge in [0.1, 0.15) is 0 Å². The molecule has 0 aliphatic heterocycles. The Morgan fingerprint density at radius 1 is 1.06 bits per heavy atom. The zero-order valence-electron chi connectivity index (χ0n) is 11.6. The summed E-state index contributed by atoms with van der Waals surface area (Å²) in [5, 5.41) is 2.59. The van der Waals surface area contributed by atoms with Gasteiger partial charge in [-0.05, 0) is 34.4 Å². The molecule has 2 aromatic carbocycles. The molecule has 0 saturated heterocycles. The van der Waals surface area contributed by atoms with Crippen molar-refractivity contribution in [2.75, 3.05) is 0 Å². The van der Waals surface area contributed by atoms with Gasteiger partial charge < -0.3 is 0 Å². The average molecular weight is 238 g/mol. The lowest BCUT2D eigenvalue weighted by molar-refractivity contribution is 1.24. The molecule has 0 heterocycles. The van der Waals surface area contributed by atoms with E-state index in [1.54, 1.807) is 0 Å². The van der Waals surface area contributed by atoms with E-state index in [2.05, 4.69) is 62.0 Å². The van der Waals surface area contributed by atoms with E-state index in [0.717, 1.165) is 6.42 Å². The molecule has 94 valence electrons. The first-order valence-corrected chi connectivity index (χ1v) is 6.66. The highest BCUT2D eigenvalue weighted by Gasteiger charge is 1.99. The Hall–Kier alpha value is -1.82. The molecule has 0 nitrogen and oxygen atoms in total. The molecule has 0 aliphatic carbocycles. The summed E-state index contributed by atoms with van der Waals surface area (Å²) >= 11 is 0. The molecule has 0 unspecified atom stereocenters. The third-order valence-corrected chi connectivity index (χ3v) is 2.82. The Bertz CT molecular complexity index is 532. The van der Waals surface area contributed by atoms with Gasteiger partial charge in [-0.2, -0.15) is 0 Å². The zero-order chi connectivity index (χ0) is 13.4. The number of allylic oxidation sites excluding steroid dienone is 3. The van der Waals surface area contributed by atoms with E-state index < -0.39 is 0 Å². The van der Waals surface area contributed by atoms with Crippen molar-refractivity contribution < 1.29 is 0 Å². The van der Waals surface area contributed by atoms with Crippen molar-refractivity contribution in [1.82, 2.24) is 0 Å². The van der Waals surface area contributed by atoms with Crippen molar-refractivity contribution in [3.8, 4) is 0 Å². The highest BCUT2D eigenvalue weighted by atomic mass is 14.0. The van der Waals surface area contributed by atoms with E-state index in [-0.39, 0.29) is 0 Å². The summed E-state index contributed by atoms with van der Waals surface area (Å²) in [6.07, 6.45) is 4.97. The van der Waals surface area contributed by atoms with Crippen LogP contribution >= 0.6 is 0 Å². The third kappa shape index (κ3) is 3.33. The Balaban J connectivity index is 0.000000771. The van der Waals surface area contributed by atoms with Gasteiger partial charge in [0, 0.05) is 0 Å². The van der Waals surface area contributed by atoms with Crippen LogP contribution in [0.5, 0.6) is 0 Å². The van der Waals surface area contributed by atoms with Gasteiger partial charge >= 0.3 is 0 Å². The van der Waals surface area contributed by atoms with Gasteiger partial charge in [-0.1, -0.05) is 75.9 Å². The molecule has 0 N–H and O–H groups in total. The first kappa shape index (κ1) is 14.2. The van der Waals surface area contributed by atoms with Crippen LogP contribution in [0.15, 0.2) is 61.2 Å². The van der Waals surface area contributed by atoms with E-state index in [9.17, 15) is 0 Å². The maximum Gasteiger partial charge on any atom is -0.0178 e. The predicted molar refractivity (Wildman–Crippen MR) is 83.8 cm³/mol. The summed E-state index contributed by atoms with van der Waals surface area (Å²) < 4.78 is 0. The van der Waals surface area contributed by atoms with E-state index >= 15 is 0 Å². The Labute approximate surface area is 111 Å². The molecule has 0 aromatic heterocycles. The summed E-state index contributed by atoms with van der Waals surface area (Å²) in [5.74, 6) is 0. The Morgan fingerprint density at radius 2 is 1.72 bits per heavy atom. The van der Waals surface area contributed by atoms with E-state index in [4.69, 9.17) is 0 Å². The summed E-state index contributed by atoms with van der Waals surface area (Å²) in [5.41, 5.74) is 2.63. The Kier molecular flexibility index (Phi) is 5.93. The molecule has 0 heteroatoms. The van der Waals surface area contributed by atoms with Crippen LogP contribution in [0.3, 0.4) is 0 Å². The number of benzene rings is 2. The van der Waals surface area contributed by atoms with Gasteiger partial charge in [0.05, 0.1) is 0 Å². The minimum atomic E-state index is 1.03. The van der Waals surface area contributed by atoms with Crippen molar-refractivity contribution in [3.63, 3.8) is 0 Å². The van der Waals surface area contributed by atoms with Gasteiger partial charge in [-0.25, -0.2) is 0 Å². The maximum atomic E-state index is 3.76. The molecule has 0 atom stereocenters. The van der Waals surface area contributed by atoms with Gasteiger partial charge in [-0.3, -0.25) is 0 Å². The third-order valence-electron chi connectivity index (χ3n) is 2.82. The number of hydrogen-bond donors (Lipinski definition) is 0. The first-order valence-electron chi connectivity index (χ1n) is 6.66. The summed E-state index contributed by atoms with van der Waals surface area (Å²) in [4.78, 5) is 0. The highest BCUT2D eigenvalue weighted by Crippen LogP contribution is 2.23. The Morgan fingerprint density at radius 3 is 2.33 bits per heavy atom. The van der Waals surface area contributed by atoms with E-state index in [0.29, 0.717) is 0 Å². The zero-order valence-corrected chi connectivity index (χ0v) is 11.6. The van der Waals surface area contributed by atoms with Crippen LogP contribution in [0.4, 0.5) is 0 Å². The summed E-state index contributed by atoms with van der Waals surface area (Å²) in [7, 11) is 0. The first-order chi connectivity index (χ1) is 8.85. The van der Waals surface area contributed by atoms with Gasteiger partial charge in [0.25, 0.3) is 0 Å². The smallest absolute Gasteiger partial charge is 0.0178 e. The van der Waals surface area contributed by atoms with Gasteiger partial charge in [-0.15, -0.1) is 0 Å². The molecule has 0 bridgehead atoms. The molecule has 0 radical (unpaired) electrons. The number of rotatable bonds is 3. The summed E-state index contributed by atoms with van der Waals surface area (Å²) in [6, 6.07) is 15.0. The predicted octanol–water partition coefficient (Wildman–Crippen LogP) is 5.85. The van der Waals surface area contributed by atoms with Crippen LogP contribution < -0.4 is 0 Å². The van der Waals surface area contributed by atoms with Crippen LogP contribution in [-0.2, 0) is 0 Å². The maximum absolute atomic E-state index is 3.76.